The van der Waals surface area contributed by atoms with E-state index in [1.807, 2.05) is 17.0 Å². The van der Waals surface area contributed by atoms with Crippen molar-refractivity contribution in [1.82, 2.24) is 24.7 Å². The number of aromatic nitrogens is 5. The van der Waals surface area contributed by atoms with E-state index in [9.17, 15) is 0 Å². The number of rotatable bonds is 3. The maximum Gasteiger partial charge on any atom is 0.277 e. The van der Waals surface area contributed by atoms with Gasteiger partial charge in [0.2, 0.25) is 5.82 Å². The van der Waals surface area contributed by atoms with E-state index in [1.54, 1.807) is 12.5 Å². The second-order valence-electron chi connectivity index (χ2n) is 3.64. The molecule has 0 radical (unpaired) electrons. The molecule has 0 saturated carbocycles. The van der Waals surface area contributed by atoms with Crippen LogP contribution in [0.5, 0.6) is 0 Å². The smallest absolute Gasteiger partial charge is 0.277 e. The Labute approximate surface area is 106 Å². The van der Waals surface area contributed by atoms with Crippen molar-refractivity contribution in [3.05, 3.63) is 22.9 Å². The van der Waals surface area contributed by atoms with Gasteiger partial charge in [-0.15, -0.1) is 11.3 Å². The van der Waals surface area contributed by atoms with Crippen LogP contribution in [0.3, 0.4) is 0 Å². The first-order chi connectivity index (χ1) is 8.78. The minimum absolute atomic E-state index is 0.391. The summed E-state index contributed by atoms with van der Waals surface area (Å²) in [6.07, 6.45) is 3.36. The van der Waals surface area contributed by atoms with E-state index in [2.05, 4.69) is 20.1 Å². The molecule has 0 atom stereocenters. The van der Waals surface area contributed by atoms with Gasteiger partial charge in [0.15, 0.2) is 0 Å². The third-order valence-electron chi connectivity index (χ3n) is 2.42. The number of aryl methyl sites for hydroxylation is 1. The summed E-state index contributed by atoms with van der Waals surface area (Å²) < 4.78 is 7.01. The van der Waals surface area contributed by atoms with Crippen LogP contribution in [0.1, 0.15) is 5.01 Å². The summed E-state index contributed by atoms with van der Waals surface area (Å²) in [6.45, 7) is 0.410. The number of hydrogen-bond acceptors (Lipinski definition) is 7. The lowest BCUT2D eigenvalue weighted by molar-refractivity contribution is 0.430. The average Bonchev–Trinajstić information content (AvgIpc) is 3.07. The Hall–Kier alpha value is -2.06. The zero-order valence-electron chi connectivity index (χ0n) is 9.57. The summed E-state index contributed by atoms with van der Waals surface area (Å²) in [5, 5.41) is 6.61. The van der Waals surface area contributed by atoms with Crippen molar-refractivity contribution >= 4 is 11.3 Å². The molecular formula is C10H10N6OS. The highest BCUT2D eigenvalue weighted by Gasteiger charge is 2.15. The Kier molecular flexibility index (Phi) is 2.65. The maximum atomic E-state index is 5.51. The Morgan fingerprint density at radius 1 is 1.44 bits per heavy atom. The maximum absolute atomic E-state index is 5.51. The largest absolute Gasteiger partial charge is 0.332 e. The number of hydrogen-bond donors (Lipinski definition) is 1. The fraction of sp³-hybridized carbons (Fsp3) is 0.200. The molecule has 3 aromatic rings. The molecule has 8 heteroatoms. The summed E-state index contributed by atoms with van der Waals surface area (Å²) in [4.78, 5) is 12.6. The first-order valence-corrected chi connectivity index (χ1v) is 6.11. The van der Waals surface area contributed by atoms with Crippen molar-refractivity contribution in [3.63, 3.8) is 0 Å². The summed E-state index contributed by atoms with van der Waals surface area (Å²) in [6, 6.07) is 0. The van der Waals surface area contributed by atoms with Crippen LogP contribution in [-0.2, 0) is 13.6 Å². The first kappa shape index (κ1) is 11.1. The third kappa shape index (κ3) is 1.81. The molecule has 0 aliphatic carbocycles. The summed E-state index contributed by atoms with van der Waals surface area (Å²) in [5.74, 6) is 0.884. The highest BCUT2D eigenvalue weighted by molar-refractivity contribution is 7.09. The van der Waals surface area contributed by atoms with E-state index in [1.165, 1.54) is 11.3 Å². The average molecular weight is 262 g/mol. The minimum atomic E-state index is 0.391. The van der Waals surface area contributed by atoms with Crippen LogP contribution in [0.2, 0.25) is 0 Å². The lowest BCUT2D eigenvalue weighted by atomic mass is 10.4. The second-order valence-corrected chi connectivity index (χ2v) is 4.59. The summed E-state index contributed by atoms with van der Waals surface area (Å²) >= 11 is 1.47. The summed E-state index contributed by atoms with van der Waals surface area (Å²) in [5.41, 5.74) is 6.96. The quantitative estimate of drug-likeness (QED) is 0.758. The fourth-order valence-electron chi connectivity index (χ4n) is 1.51. The Morgan fingerprint density at radius 2 is 2.33 bits per heavy atom. The van der Waals surface area contributed by atoms with Gasteiger partial charge in [0.05, 0.1) is 12.5 Å². The van der Waals surface area contributed by atoms with Crippen LogP contribution in [0.4, 0.5) is 0 Å². The molecule has 3 rings (SSSR count). The van der Waals surface area contributed by atoms with Crippen LogP contribution in [0.15, 0.2) is 22.4 Å². The van der Waals surface area contributed by atoms with Gasteiger partial charge in [-0.05, 0) is 0 Å². The molecule has 0 aromatic carbocycles. The van der Waals surface area contributed by atoms with E-state index < -0.39 is 0 Å². The Balaban J connectivity index is 1.96. The molecule has 0 bridgehead atoms. The highest BCUT2D eigenvalue weighted by Crippen LogP contribution is 2.23. The molecule has 0 spiro atoms. The molecular weight excluding hydrogens is 252 g/mol. The third-order valence-corrected chi connectivity index (χ3v) is 3.29. The van der Waals surface area contributed by atoms with Gasteiger partial charge < -0.3 is 14.8 Å². The first-order valence-electron chi connectivity index (χ1n) is 5.23. The molecule has 18 heavy (non-hydrogen) atoms. The van der Waals surface area contributed by atoms with Crippen LogP contribution in [0, 0.1) is 0 Å². The molecule has 92 valence electrons. The molecule has 7 nitrogen and oxygen atoms in total. The number of nitrogens with zero attached hydrogens (tertiary/aromatic N) is 5. The van der Waals surface area contributed by atoms with Gasteiger partial charge in [0.1, 0.15) is 16.4 Å². The predicted octanol–water partition coefficient (Wildman–Crippen LogP) is 1.05. The van der Waals surface area contributed by atoms with Crippen molar-refractivity contribution in [2.45, 2.75) is 6.54 Å². The lowest BCUT2D eigenvalue weighted by Crippen LogP contribution is -1.94. The molecule has 3 heterocycles. The molecule has 0 amide bonds. The van der Waals surface area contributed by atoms with Gasteiger partial charge >= 0.3 is 0 Å². The van der Waals surface area contributed by atoms with Crippen molar-refractivity contribution in [2.24, 2.45) is 12.8 Å². The van der Waals surface area contributed by atoms with Crippen molar-refractivity contribution in [1.29, 1.82) is 0 Å². The van der Waals surface area contributed by atoms with Crippen molar-refractivity contribution < 1.29 is 4.52 Å². The van der Waals surface area contributed by atoms with Crippen molar-refractivity contribution in [2.75, 3.05) is 0 Å². The molecule has 2 N–H and O–H groups in total. The standard InChI is InChI=1S/C10H10N6OS/c1-16-5-12-3-7(16)9-14-10(17-15-9)6-4-18-8(2-11)13-6/h3-5H,2,11H2,1H3. The summed E-state index contributed by atoms with van der Waals surface area (Å²) in [7, 11) is 1.87. The number of nitrogens with two attached hydrogens (primary N) is 1. The molecule has 0 saturated heterocycles. The zero-order chi connectivity index (χ0) is 12.5. The SMILES string of the molecule is Cn1cncc1-c1noc(-c2csc(CN)n2)n1. The number of imidazole rings is 1. The molecule has 3 aromatic heterocycles. The van der Waals surface area contributed by atoms with Crippen molar-refractivity contribution in [3.8, 4) is 23.1 Å². The topological polar surface area (TPSA) is 95.7 Å². The van der Waals surface area contributed by atoms with E-state index >= 15 is 0 Å². The monoisotopic (exact) mass is 262 g/mol. The second kappa shape index (κ2) is 4.31. The van der Waals surface area contributed by atoms with E-state index in [0.717, 1.165) is 10.7 Å². The van der Waals surface area contributed by atoms with E-state index in [4.69, 9.17) is 10.3 Å². The predicted molar refractivity (Wildman–Crippen MR) is 65.5 cm³/mol. The molecule has 0 unspecified atom stereocenters. The van der Waals surface area contributed by atoms with Gasteiger partial charge in [-0.1, -0.05) is 5.16 Å². The van der Waals surface area contributed by atoms with E-state index in [-0.39, 0.29) is 0 Å². The zero-order valence-corrected chi connectivity index (χ0v) is 10.4. The highest BCUT2D eigenvalue weighted by atomic mass is 32.1. The van der Waals surface area contributed by atoms with E-state index in [0.29, 0.717) is 24.0 Å². The van der Waals surface area contributed by atoms with Crippen LogP contribution in [0.25, 0.3) is 23.1 Å². The van der Waals surface area contributed by atoms with Gasteiger partial charge in [-0.25, -0.2) is 9.97 Å². The number of thiazole rings is 1. The van der Waals surface area contributed by atoms with Crippen LogP contribution >= 0.6 is 11.3 Å². The molecule has 0 aliphatic rings. The molecule has 0 aliphatic heterocycles. The van der Waals surface area contributed by atoms with Gasteiger partial charge in [0.25, 0.3) is 5.89 Å². The molecule has 0 fully saturated rings. The Morgan fingerprint density at radius 3 is 3.00 bits per heavy atom. The van der Waals surface area contributed by atoms with Gasteiger partial charge in [-0.3, -0.25) is 0 Å². The lowest BCUT2D eigenvalue weighted by Gasteiger charge is -1.92. The van der Waals surface area contributed by atoms with Crippen LogP contribution in [-0.4, -0.2) is 24.7 Å². The normalized spacial score (nSPS) is 11.0. The minimum Gasteiger partial charge on any atom is -0.332 e. The Bertz CT molecular complexity index is 669. The fourth-order valence-corrected chi connectivity index (χ4v) is 2.16. The van der Waals surface area contributed by atoms with Gasteiger partial charge in [-0.2, -0.15) is 4.98 Å². The van der Waals surface area contributed by atoms with Gasteiger partial charge in [0, 0.05) is 19.0 Å². The van der Waals surface area contributed by atoms with Crippen LogP contribution < -0.4 is 5.73 Å².